The number of nitrogens with zero attached hydrogens (tertiary/aromatic N) is 4. The number of nitro benzene ring substituents is 3. The van der Waals surface area contributed by atoms with Crippen molar-refractivity contribution in [3.8, 4) is 5.75 Å². The molecule has 154 valence electrons. The summed E-state index contributed by atoms with van der Waals surface area (Å²) in [6.07, 6.45) is 0.919. The number of hydrogen-bond donors (Lipinski definition) is 1. The van der Waals surface area contributed by atoms with Crippen LogP contribution in [0, 0.1) is 37.3 Å². The van der Waals surface area contributed by atoms with E-state index in [1.807, 2.05) is 19.1 Å². The van der Waals surface area contributed by atoms with Gasteiger partial charge in [-0.1, -0.05) is 36.4 Å². The van der Waals surface area contributed by atoms with Gasteiger partial charge in [0.2, 0.25) is 0 Å². The number of rotatable bonds is 5. The van der Waals surface area contributed by atoms with E-state index in [9.17, 15) is 30.3 Å². The number of aromatic nitrogens is 1. The number of nitro groups is 3. The molecule has 0 aliphatic carbocycles. The summed E-state index contributed by atoms with van der Waals surface area (Å²) in [5.74, 6) is -1.21. The number of phenolic OH excluding ortho intramolecular Hbond substituents is 1. The van der Waals surface area contributed by atoms with E-state index in [0.717, 1.165) is 17.8 Å². The van der Waals surface area contributed by atoms with Gasteiger partial charge in [0, 0.05) is 17.8 Å². The quantitative estimate of drug-likeness (QED) is 0.483. The standard InChI is InChI=1S/C13H13N.C6H3N3O7/c1-11-6-5-9-13(14-11)10-12-7-3-2-4-8-12;10-6-4(8(13)14)1-3(7(11)12)2-5(6)9(15)16/h2-9H,10H2,1H3;1-2,10H. The molecule has 1 aromatic heterocycles. The summed E-state index contributed by atoms with van der Waals surface area (Å²) < 4.78 is 0. The highest BCUT2D eigenvalue weighted by Crippen LogP contribution is 2.38. The van der Waals surface area contributed by atoms with Gasteiger partial charge in [0.1, 0.15) is 0 Å². The van der Waals surface area contributed by atoms with Crippen LogP contribution in [0.15, 0.2) is 60.7 Å². The lowest BCUT2D eigenvalue weighted by Gasteiger charge is -2.01. The van der Waals surface area contributed by atoms with E-state index >= 15 is 0 Å². The minimum atomic E-state index is -1.21. The lowest BCUT2D eigenvalue weighted by atomic mass is 10.1. The topological polar surface area (TPSA) is 163 Å². The number of pyridine rings is 1. The summed E-state index contributed by atoms with van der Waals surface area (Å²) in [4.78, 5) is 32.2. The van der Waals surface area contributed by atoms with Gasteiger partial charge in [-0.15, -0.1) is 0 Å². The van der Waals surface area contributed by atoms with Crippen molar-refractivity contribution in [1.82, 2.24) is 4.98 Å². The number of phenols is 1. The van der Waals surface area contributed by atoms with Crippen molar-refractivity contribution in [2.75, 3.05) is 0 Å². The Morgan fingerprint density at radius 3 is 1.87 bits per heavy atom. The third kappa shape index (κ3) is 5.79. The van der Waals surface area contributed by atoms with E-state index in [1.54, 1.807) is 0 Å². The Balaban J connectivity index is 0.000000215. The fourth-order valence-electron chi connectivity index (χ4n) is 2.48. The third-order valence-electron chi connectivity index (χ3n) is 3.83. The molecule has 1 heterocycles. The molecule has 11 nitrogen and oxygen atoms in total. The molecular weight excluding hydrogens is 396 g/mol. The Hall–Kier alpha value is -4.41. The van der Waals surface area contributed by atoms with Crippen molar-refractivity contribution in [2.24, 2.45) is 0 Å². The van der Waals surface area contributed by atoms with Crippen LogP contribution in [-0.4, -0.2) is 24.9 Å². The monoisotopic (exact) mass is 412 g/mol. The number of benzene rings is 2. The summed E-state index contributed by atoms with van der Waals surface area (Å²) in [5, 5.41) is 40.2. The van der Waals surface area contributed by atoms with Gasteiger partial charge in [-0.3, -0.25) is 35.3 Å². The number of non-ortho nitro benzene ring substituents is 1. The van der Waals surface area contributed by atoms with E-state index in [4.69, 9.17) is 5.11 Å². The summed E-state index contributed by atoms with van der Waals surface area (Å²) in [6, 6.07) is 17.5. The van der Waals surface area contributed by atoms with Crippen molar-refractivity contribution in [3.05, 3.63) is 108 Å². The minimum Gasteiger partial charge on any atom is -0.497 e. The van der Waals surface area contributed by atoms with E-state index in [-0.39, 0.29) is 0 Å². The van der Waals surface area contributed by atoms with Crippen molar-refractivity contribution < 1.29 is 19.9 Å². The average Bonchev–Trinajstić information content (AvgIpc) is 2.69. The summed E-state index contributed by atoms with van der Waals surface area (Å²) in [7, 11) is 0. The molecule has 0 unspecified atom stereocenters. The van der Waals surface area contributed by atoms with Crippen molar-refractivity contribution in [2.45, 2.75) is 13.3 Å². The molecule has 30 heavy (non-hydrogen) atoms. The van der Waals surface area contributed by atoms with Gasteiger partial charge in [-0.05, 0) is 24.6 Å². The van der Waals surface area contributed by atoms with Crippen LogP contribution in [0.5, 0.6) is 5.75 Å². The Morgan fingerprint density at radius 1 is 0.833 bits per heavy atom. The molecule has 3 rings (SSSR count). The first-order valence-electron chi connectivity index (χ1n) is 8.45. The lowest BCUT2D eigenvalue weighted by molar-refractivity contribution is -0.404. The fourth-order valence-corrected chi connectivity index (χ4v) is 2.48. The molecule has 11 heteroatoms. The first kappa shape index (κ1) is 21.9. The molecule has 0 aliphatic rings. The van der Waals surface area contributed by atoms with Crippen LogP contribution >= 0.6 is 0 Å². The van der Waals surface area contributed by atoms with E-state index in [1.165, 1.54) is 5.56 Å². The lowest BCUT2D eigenvalue weighted by Crippen LogP contribution is -1.97. The molecule has 2 aromatic carbocycles. The largest absolute Gasteiger partial charge is 0.497 e. The Labute approximate surface area is 169 Å². The maximum atomic E-state index is 10.4. The SMILES string of the molecule is Cc1cccc(Cc2ccccc2)n1.O=[N+]([O-])c1cc([N+](=O)[O-])c(O)c([N+](=O)[O-])c1. The van der Waals surface area contributed by atoms with Gasteiger partial charge in [0.25, 0.3) is 11.4 Å². The van der Waals surface area contributed by atoms with Crippen LogP contribution < -0.4 is 0 Å². The number of aromatic hydroxyl groups is 1. The third-order valence-corrected chi connectivity index (χ3v) is 3.83. The maximum Gasteiger partial charge on any atom is 0.324 e. The van der Waals surface area contributed by atoms with Gasteiger partial charge in [0.15, 0.2) is 0 Å². The molecular formula is C19H16N4O7. The summed E-state index contributed by atoms with van der Waals surface area (Å²) >= 11 is 0. The van der Waals surface area contributed by atoms with Gasteiger partial charge < -0.3 is 5.11 Å². The van der Waals surface area contributed by atoms with Gasteiger partial charge in [-0.2, -0.15) is 0 Å². The average molecular weight is 412 g/mol. The predicted octanol–water partition coefficient (Wildman–Crippen LogP) is 4.10. The van der Waals surface area contributed by atoms with Gasteiger partial charge in [-0.25, -0.2) is 0 Å². The summed E-state index contributed by atoms with van der Waals surface area (Å²) in [5.41, 5.74) is 0.526. The highest BCUT2D eigenvalue weighted by Gasteiger charge is 2.30. The number of aryl methyl sites for hydroxylation is 1. The van der Waals surface area contributed by atoms with E-state index in [0.29, 0.717) is 12.1 Å². The Kier molecular flexibility index (Phi) is 7.06. The molecule has 0 radical (unpaired) electrons. The molecule has 0 saturated heterocycles. The zero-order valence-corrected chi connectivity index (χ0v) is 15.7. The molecule has 0 amide bonds. The van der Waals surface area contributed by atoms with E-state index < -0.39 is 37.6 Å². The molecule has 0 saturated carbocycles. The molecule has 3 aromatic rings. The first-order valence-corrected chi connectivity index (χ1v) is 8.45. The predicted molar refractivity (Wildman–Crippen MR) is 106 cm³/mol. The van der Waals surface area contributed by atoms with Crippen LogP contribution in [0.25, 0.3) is 0 Å². The van der Waals surface area contributed by atoms with Crippen molar-refractivity contribution >= 4 is 17.1 Å². The fraction of sp³-hybridized carbons (Fsp3) is 0.105. The number of hydrogen-bond acceptors (Lipinski definition) is 8. The molecule has 0 fully saturated rings. The van der Waals surface area contributed by atoms with Crippen molar-refractivity contribution in [3.63, 3.8) is 0 Å². The normalized spacial score (nSPS) is 9.90. The Morgan fingerprint density at radius 2 is 1.40 bits per heavy atom. The van der Waals surface area contributed by atoms with E-state index in [2.05, 4.69) is 41.4 Å². The maximum absolute atomic E-state index is 10.4. The van der Waals surface area contributed by atoms with Crippen LogP contribution in [-0.2, 0) is 6.42 Å². The van der Waals surface area contributed by atoms with Crippen molar-refractivity contribution in [1.29, 1.82) is 0 Å². The zero-order valence-electron chi connectivity index (χ0n) is 15.7. The second-order valence-electron chi connectivity index (χ2n) is 6.04. The minimum absolute atomic E-state index is 0.447. The van der Waals surface area contributed by atoms with Gasteiger partial charge in [0.05, 0.1) is 26.9 Å². The molecule has 0 bridgehead atoms. The molecule has 0 atom stereocenters. The van der Waals surface area contributed by atoms with Crippen LogP contribution in [0.4, 0.5) is 17.1 Å². The Bertz CT molecular complexity index is 1050. The van der Waals surface area contributed by atoms with Crippen LogP contribution in [0.1, 0.15) is 17.0 Å². The second-order valence-corrected chi connectivity index (χ2v) is 6.04. The molecule has 0 aliphatic heterocycles. The smallest absolute Gasteiger partial charge is 0.324 e. The van der Waals surface area contributed by atoms with Crippen LogP contribution in [0.2, 0.25) is 0 Å². The summed E-state index contributed by atoms with van der Waals surface area (Å²) in [6.45, 7) is 2.02. The van der Waals surface area contributed by atoms with Gasteiger partial charge >= 0.3 is 11.4 Å². The molecule has 1 N–H and O–H groups in total. The molecule has 0 spiro atoms. The zero-order chi connectivity index (χ0) is 22.3. The van der Waals surface area contributed by atoms with Crippen LogP contribution in [0.3, 0.4) is 0 Å². The highest BCUT2D eigenvalue weighted by molar-refractivity contribution is 5.64. The highest BCUT2D eigenvalue weighted by atomic mass is 16.6. The second kappa shape index (κ2) is 9.68. The first-order chi connectivity index (χ1) is 14.2.